The maximum Gasteiger partial charge on any atom is 0.337 e. The molecule has 0 N–H and O–H groups in total. The summed E-state index contributed by atoms with van der Waals surface area (Å²) < 4.78 is 15.7. The molecular weight excluding hydrogens is 332 g/mol. The Morgan fingerprint density at radius 1 is 0.923 bits per heavy atom. The third-order valence-corrected chi connectivity index (χ3v) is 3.33. The number of benzene rings is 2. The molecule has 0 spiro atoms. The molecule has 2 aromatic carbocycles. The first-order valence-corrected chi connectivity index (χ1v) is 7.72. The fourth-order valence-corrected chi connectivity index (χ4v) is 2.04. The lowest BCUT2D eigenvalue weighted by Crippen LogP contribution is -2.09. The molecular formula is C20H16N2O4. The van der Waals surface area contributed by atoms with Crippen LogP contribution in [0.2, 0.25) is 0 Å². The largest absolute Gasteiger partial charge is 0.490 e. The van der Waals surface area contributed by atoms with Crippen molar-refractivity contribution in [3.8, 4) is 23.6 Å². The van der Waals surface area contributed by atoms with E-state index in [0.29, 0.717) is 30.3 Å². The van der Waals surface area contributed by atoms with Crippen LogP contribution in [-0.2, 0) is 4.74 Å². The van der Waals surface area contributed by atoms with Crippen molar-refractivity contribution < 1.29 is 19.0 Å². The maximum atomic E-state index is 11.3. The number of carbonyl (C=O) groups excluding carboxylic acids is 1. The van der Waals surface area contributed by atoms with E-state index in [1.807, 2.05) is 12.1 Å². The van der Waals surface area contributed by atoms with Crippen molar-refractivity contribution in [1.82, 2.24) is 0 Å². The SMILES string of the molecule is COC(=O)c1ccc(OCCOc2ccc(C=C(C#N)C#N)cc2)cc1. The zero-order valence-electron chi connectivity index (χ0n) is 14.1. The first-order chi connectivity index (χ1) is 12.7. The number of hydrogen-bond acceptors (Lipinski definition) is 6. The molecule has 0 aliphatic heterocycles. The van der Waals surface area contributed by atoms with Crippen molar-refractivity contribution in [3.05, 3.63) is 65.2 Å². The van der Waals surface area contributed by atoms with E-state index in [-0.39, 0.29) is 5.57 Å². The minimum absolute atomic E-state index is 0.0466. The first kappa shape index (κ1) is 18.6. The number of ether oxygens (including phenoxy) is 3. The lowest BCUT2D eigenvalue weighted by molar-refractivity contribution is 0.0600. The van der Waals surface area contributed by atoms with Gasteiger partial charge in [-0.25, -0.2) is 4.79 Å². The molecule has 0 saturated heterocycles. The highest BCUT2D eigenvalue weighted by molar-refractivity contribution is 5.89. The molecule has 0 aliphatic carbocycles. The molecule has 0 bridgehead atoms. The van der Waals surface area contributed by atoms with Gasteiger partial charge in [0.05, 0.1) is 12.7 Å². The third kappa shape index (κ3) is 5.40. The summed E-state index contributed by atoms with van der Waals surface area (Å²) in [5, 5.41) is 17.5. The average Bonchev–Trinajstić information content (AvgIpc) is 2.70. The van der Waals surface area contributed by atoms with Crippen LogP contribution in [-0.4, -0.2) is 26.3 Å². The summed E-state index contributed by atoms with van der Waals surface area (Å²) in [6.07, 6.45) is 1.50. The summed E-state index contributed by atoms with van der Waals surface area (Å²) in [7, 11) is 1.33. The molecule has 2 aromatic rings. The Bertz CT molecular complexity index is 841. The van der Waals surface area contributed by atoms with E-state index in [1.54, 1.807) is 48.5 Å². The van der Waals surface area contributed by atoms with Crippen LogP contribution in [0.4, 0.5) is 0 Å². The van der Waals surface area contributed by atoms with Gasteiger partial charge in [0.2, 0.25) is 0 Å². The molecule has 26 heavy (non-hydrogen) atoms. The van der Waals surface area contributed by atoms with Crippen molar-refractivity contribution in [2.45, 2.75) is 0 Å². The van der Waals surface area contributed by atoms with Gasteiger partial charge in [0.1, 0.15) is 42.4 Å². The Morgan fingerprint density at radius 3 is 1.88 bits per heavy atom. The predicted molar refractivity (Wildman–Crippen MR) is 94.4 cm³/mol. The number of nitriles is 2. The standard InChI is InChI=1S/C20H16N2O4/c1-24-20(23)17-4-8-19(9-5-17)26-11-10-25-18-6-2-15(3-7-18)12-16(13-21)14-22/h2-9,12H,10-11H2,1H3. The van der Waals surface area contributed by atoms with Crippen molar-refractivity contribution in [1.29, 1.82) is 10.5 Å². The van der Waals surface area contributed by atoms with Gasteiger partial charge >= 0.3 is 5.97 Å². The molecule has 0 saturated carbocycles. The minimum atomic E-state index is -0.394. The number of nitrogens with zero attached hydrogens (tertiary/aromatic N) is 2. The lowest BCUT2D eigenvalue weighted by Gasteiger charge is -2.09. The molecule has 0 aliphatic rings. The topological polar surface area (TPSA) is 92.3 Å². The highest BCUT2D eigenvalue weighted by atomic mass is 16.5. The second kappa shape index (κ2) is 9.51. The average molecular weight is 348 g/mol. The number of rotatable bonds is 7. The first-order valence-electron chi connectivity index (χ1n) is 7.72. The summed E-state index contributed by atoms with van der Waals surface area (Å²) >= 11 is 0. The summed E-state index contributed by atoms with van der Waals surface area (Å²) in [6.45, 7) is 0.682. The molecule has 0 radical (unpaired) electrons. The van der Waals surface area contributed by atoms with E-state index in [2.05, 4.69) is 4.74 Å². The van der Waals surface area contributed by atoms with E-state index in [9.17, 15) is 4.79 Å². The highest BCUT2D eigenvalue weighted by Crippen LogP contribution is 2.15. The number of carbonyl (C=O) groups is 1. The van der Waals surface area contributed by atoms with Gasteiger partial charge in [0, 0.05) is 0 Å². The Kier molecular flexibility index (Phi) is 6.79. The van der Waals surface area contributed by atoms with Gasteiger partial charge in [-0.3, -0.25) is 0 Å². The van der Waals surface area contributed by atoms with Crippen LogP contribution >= 0.6 is 0 Å². The van der Waals surface area contributed by atoms with E-state index in [0.717, 1.165) is 5.56 Å². The normalized spacial score (nSPS) is 9.35. The second-order valence-corrected chi connectivity index (χ2v) is 5.06. The van der Waals surface area contributed by atoms with Crippen molar-refractivity contribution in [3.63, 3.8) is 0 Å². The summed E-state index contributed by atoms with van der Waals surface area (Å²) in [5.74, 6) is 0.888. The molecule has 0 fully saturated rings. The van der Waals surface area contributed by atoms with Crippen molar-refractivity contribution in [2.75, 3.05) is 20.3 Å². The Morgan fingerprint density at radius 2 is 1.42 bits per heavy atom. The summed E-state index contributed by atoms with van der Waals surface area (Å²) in [5.41, 5.74) is 1.25. The van der Waals surface area contributed by atoms with E-state index in [4.69, 9.17) is 20.0 Å². The highest BCUT2D eigenvalue weighted by Gasteiger charge is 2.04. The smallest absolute Gasteiger partial charge is 0.337 e. The molecule has 0 aromatic heterocycles. The third-order valence-electron chi connectivity index (χ3n) is 3.33. The van der Waals surface area contributed by atoms with Crippen LogP contribution in [0.1, 0.15) is 15.9 Å². The van der Waals surface area contributed by atoms with Gasteiger partial charge in [-0.05, 0) is 48.0 Å². The van der Waals surface area contributed by atoms with Gasteiger partial charge in [-0.1, -0.05) is 12.1 Å². The number of allylic oxidation sites excluding steroid dienone is 1. The minimum Gasteiger partial charge on any atom is -0.490 e. The molecule has 0 unspecified atom stereocenters. The van der Waals surface area contributed by atoms with Gasteiger partial charge in [0.15, 0.2) is 0 Å². The molecule has 0 amide bonds. The monoisotopic (exact) mass is 348 g/mol. The number of hydrogen-bond donors (Lipinski definition) is 0. The van der Waals surface area contributed by atoms with E-state index < -0.39 is 5.97 Å². The van der Waals surface area contributed by atoms with Crippen molar-refractivity contribution in [2.24, 2.45) is 0 Å². The molecule has 6 heteroatoms. The van der Waals surface area contributed by atoms with Crippen LogP contribution < -0.4 is 9.47 Å². The Hall–Kier alpha value is -3.77. The summed E-state index contributed by atoms with van der Waals surface area (Å²) in [6, 6.07) is 17.3. The molecule has 130 valence electrons. The fourth-order valence-electron chi connectivity index (χ4n) is 2.04. The van der Waals surface area contributed by atoms with E-state index >= 15 is 0 Å². The van der Waals surface area contributed by atoms with Crippen LogP contribution in [0, 0.1) is 22.7 Å². The maximum absolute atomic E-state index is 11.3. The number of methoxy groups -OCH3 is 1. The van der Waals surface area contributed by atoms with Gasteiger partial charge in [-0.2, -0.15) is 10.5 Å². The fraction of sp³-hybridized carbons (Fsp3) is 0.150. The zero-order chi connectivity index (χ0) is 18.8. The van der Waals surface area contributed by atoms with Gasteiger partial charge in [-0.15, -0.1) is 0 Å². The van der Waals surface area contributed by atoms with Gasteiger partial charge < -0.3 is 14.2 Å². The molecule has 0 atom stereocenters. The molecule has 2 rings (SSSR count). The second-order valence-electron chi connectivity index (χ2n) is 5.06. The zero-order valence-corrected chi connectivity index (χ0v) is 14.1. The summed E-state index contributed by atoms with van der Waals surface area (Å²) in [4.78, 5) is 11.3. The van der Waals surface area contributed by atoms with Crippen LogP contribution in [0.5, 0.6) is 11.5 Å². The predicted octanol–water partition coefficient (Wildman–Crippen LogP) is 3.36. The lowest BCUT2D eigenvalue weighted by atomic mass is 10.1. The van der Waals surface area contributed by atoms with Crippen LogP contribution in [0.3, 0.4) is 0 Å². The van der Waals surface area contributed by atoms with Crippen LogP contribution in [0.25, 0.3) is 6.08 Å². The molecule has 6 nitrogen and oxygen atoms in total. The quantitative estimate of drug-likeness (QED) is 0.433. The number of esters is 1. The Labute approximate surface area is 151 Å². The van der Waals surface area contributed by atoms with Crippen LogP contribution in [0.15, 0.2) is 54.1 Å². The van der Waals surface area contributed by atoms with Crippen molar-refractivity contribution >= 4 is 12.0 Å². The van der Waals surface area contributed by atoms with E-state index in [1.165, 1.54) is 13.2 Å². The Balaban J connectivity index is 1.80. The molecule has 0 heterocycles. The van der Waals surface area contributed by atoms with Gasteiger partial charge in [0.25, 0.3) is 0 Å².